The first kappa shape index (κ1) is 18.2. The summed E-state index contributed by atoms with van der Waals surface area (Å²) in [7, 11) is 1.59. The highest BCUT2D eigenvalue weighted by Gasteiger charge is 2.72. The first-order valence-corrected chi connectivity index (χ1v) is 10.0. The summed E-state index contributed by atoms with van der Waals surface area (Å²) in [4.78, 5) is 21.5. The number of carbonyl (C=O) groups is 1. The van der Waals surface area contributed by atoms with Crippen molar-refractivity contribution in [1.82, 2.24) is 9.97 Å². The smallest absolute Gasteiger partial charge is 0.230 e. The highest BCUT2D eigenvalue weighted by Crippen LogP contribution is 2.68. The number of hydrogen-bond acceptors (Lipinski definition) is 5. The molecule has 3 aliphatic rings. The van der Waals surface area contributed by atoms with E-state index in [2.05, 4.69) is 22.2 Å². The lowest BCUT2D eigenvalue weighted by Crippen LogP contribution is -2.37. The molecule has 1 saturated carbocycles. The predicted octanol–water partition coefficient (Wildman–Crippen LogP) is 3.79. The normalized spacial score (nSPS) is 34.8. The predicted molar refractivity (Wildman–Crippen MR) is 105 cm³/mol. The minimum absolute atomic E-state index is 0.0381. The molecular weight excluding hydrogens is 401 g/mol. The number of methoxy groups -OCH3 is 1. The van der Waals surface area contributed by atoms with Gasteiger partial charge in [0.2, 0.25) is 11.8 Å². The maximum atomic E-state index is 13.3. The Kier molecular flexibility index (Phi) is 4.27. The summed E-state index contributed by atoms with van der Waals surface area (Å²) in [5.41, 5.74) is 1.54. The number of nitrogens with zero attached hydrogens (tertiary/aromatic N) is 2. The van der Waals surface area contributed by atoms with Crippen LogP contribution in [-0.2, 0) is 9.53 Å². The Balaban J connectivity index is 1.46. The zero-order valence-electron chi connectivity index (χ0n) is 15.3. The van der Waals surface area contributed by atoms with Crippen molar-refractivity contribution in [3.8, 4) is 5.88 Å². The molecule has 2 saturated heterocycles. The van der Waals surface area contributed by atoms with Crippen molar-refractivity contribution in [2.45, 2.75) is 25.0 Å². The zero-order chi connectivity index (χ0) is 19.6. The molecule has 4 heterocycles. The number of rotatable bonds is 4. The number of hydrogen-bond donors (Lipinski definition) is 1. The number of fused-ring (bicyclic) bond motifs is 5. The van der Waals surface area contributed by atoms with Crippen LogP contribution in [0.4, 0.5) is 5.69 Å². The summed E-state index contributed by atoms with van der Waals surface area (Å²) in [6.45, 7) is 2.24. The second kappa shape index (κ2) is 6.58. The molecule has 2 bridgehead atoms. The fourth-order valence-corrected chi connectivity index (χ4v) is 5.42. The largest absolute Gasteiger partial charge is 0.481 e. The monoisotopic (exact) mass is 419 g/mol. The van der Waals surface area contributed by atoms with Gasteiger partial charge in [-0.15, -0.1) is 0 Å². The zero-order valence-corrected chi connectivity index (χ0v) is 16.8. The molecule has 6 nitrogen and oxygen atoms in total. The molecule has 0 radical (unpaired) electrons. The molecule has 2 aliphatic heterocycles. The van der Waals surface area contributed by atoms with Gasteiger partial charge < -0.3 is 14.8 Å². The van der Waals surface area contributed by atoms with Gasteiger partial charge in [-0.05, 0) is 35.4 Å². The minimum atomic E-state index is -0.294. The van der Waals surface area contributed by atoms with E-state index in [1.165, 1.54) is 6.20 Å². The lowest BCUT2D eigenvalue weighted by atomic mass is 9.75. The van der Waals surface area contributed by atoms with E-state index >= 15 is 0 Å². The van der Waals surface area contributed by atoms with Crippen LogP contribution in [0.25, 0.3) is 0 Å². The number of ether oxygens (including phenoxy) is 2. The molecule has 0 aromatic carbocycles. The summed E-state index contributed by atoms with van der Waals surface area (Å²) in [5, 5.41) is 3.46. The third-order valence-electron chi connectivity index (χ3n) is 6.41. The molecule has 1 N–H and O–H groups in total. The highest BCUT2D eigenvalue weighted by molar-refractivity contribution is 6.41. The van der Waals surface area contributed by atoms with Crippen molar-refractivity contribution in [3.05, 3.63) is 46.3 Å². The first-order chi connectivity index (χ1) is 13.5. The van der Waals surface area contributed by atoms with Crippen LogP contribution in [-0.4, -0.2) is 35.2 Å². The third kappa shape index (κ3) is 2.70. The van der Waals surface area contributed by atoms with E-state index in [1.807, 2.05) is 12.1 Å². The van der Waals surface area contributed by atoms with E-state index in [-0.39, 0.29) is 35.1 Å². The molecule has 2 aromatic heterocycles. The Hall–Kier alpha value is -1.89. The van der Waals surface area contributed by atoms with Gasteiger partial charge in [0.05, 0.1) is 42.1 Å². The fourth-order valence-electron chi connectivity index (χ4n) is 5.15. The van der Waals surface area contributed by atoms with Crippen molar-refractivity contribution in [2.75, 3.05) is 12.4 Å². The quantitative estimate of drug-likeness (QED) is 0.762. The number of amides is 1. The molecule has 0 spiro atoms. The average Bonchev–Trinajstić information content (AvgIpc) is 3.05. The SMILES string of the molecule is COc1cc([C@@H]2[C@H](C(=O)Nc3cnc(Cl)c(Cl)c3)[C@@H]3O[C@H]2C2C(C)C23)ccn1. The average molecular weight is 420 g/mol. The van der Waals surface area contributed by atoms with Crippen molar-refractivity contribution in [1.29, 1.82) is 0 Å². The van der Waals surface area contributed by atoms with E-state index in [4.69, 9.17) is 32.7 Å². The van der Waals surface area contributed by atoms with Gasteiger partial charge in [-0.1, -0.05) is 30.1 Å². The van der Waals surface area contributed by atoms with Crippen molar-refractivity contribution in [3.63, 3.8) is 0 Å². The summed E-state index contributed by atoms with van der Waals surface area (Å²) >= 11 is 11.9. The molecule has 28 heavy (non-hydrogen) atoms. The molecule has 7 atom stereocenters. The lowest BCUT2D eigenvalue weighted by molar-refractivity contribution is -0.122. The molecule has 3 fully saturated rings. The van der Waals surface area contributed by atoms with Crippen LogP contribution >= 0.6 is 23.2 Å². The Labute approximate surface area is 172 Å². The molecular formula is C20H19Cl2N3O3. The molecule has 146 valence electrons. The summed E-state index contributed by atoms with van der Waals surface area (Å²) < 4.78 is 11.6. The van der Waals surface area contributed by atoms with Crippen molar-refractivity contribution < 1.29 is 14.3 Å². The van der Waals surface area contributed by atoms with Crippen LogP contribution in [0.2, 0.25) is 10.2 Å². The maximum Gasteiger partial charge on any atom is 0.230 e. The van der Waals surface area contributed by atoms with Crippen LogP contribution in [0, 0.1) is 23.7 Å². The Morgan fingerprint density at radius 2 is 2.00 bits per heavy atom. The number of halogens is 2. The number of carbonyl (C=O) groups excluding carboxylic acids is 1. The molecule has 8 heteroatoms. The second-order valence-corrected chi connectivity index (χ2v) is 8.51. The van der Waals surface area contributed by atoms with E-state index in [0.717, 1.165) is 5.56 Å². The van der Waals surface area contributed by atoms with Gasteiger partial charge in [-0.25, -0.2) is 9.97 Å². The highest BCUT2D eigenvalue weighted by atomic mass is 35.5. The lowest BCUT2D eigenvalue weighted by Gasteiger charge is -2.27. The standard InChI is InChI=1S/C20H19Cl2N3O3/c1-8-13-14(8)18-16(20(26)25-10-6-11(21)19(22)24-7-10)15(17(13)28-18)9-3-4-23-12(5-9)27-2/h3-8,13-18H,1-2H3,(H,25,26)/t8?,13?,14?,15-,16+,17+,18-/m1/s1. The molecule has 2 aromatic rings. The van der Waals surface area contributed by atoms with E-state index in [0.29, 0.717) is 34.3 Å². The van der Waals surface area contributed by atoms with E-state index < -0.39 is 0 Å². The molecule has 5 rings (SSSR count). The van der Waals surface area contributed by atoms with Crippen LogP contribution < -0.4 is 10.1 Å². The van der Waals surface area contributed by atoms with E-state index in [1.54, 1.807) is 19.4 Å². The Morgan fingerprint density at radius 3 is 2.75 bits per heavy atom. The van der Waals surface area contributed by atoms with Crippen LogP contribution in [0.5, 0.6) is 5.88 Å². The van der Waals surface area contributed by atoms with Gasteiger partial charge in [0.1, 0.15) is 5.15 Å². The Bertz CT molecular complexity index is 956. The van der Waals surface area contributed by atoms with Crippen molar-refractivity contribution in [2.24, 2.45) is 23.7 Å². The van der Waals surface area contributed by atoms with Gasteiger partial charge >= 0.3 is 0 Å². The number of aromatic nitrogens is 2. The van der Waals surface area contributed by atoms with Crippen LogP contribution in [0.15, 0.2) is 30.6 Å². The molecule has 3 unspecified atom stereocenters. The van der Waals surface area contributed by atoms with Gasteiger partial charge in [-0.2, -0.15) is 0 Å². The van der Waals surface area contributed by atoms with Crippen molar-refractivity contribution >= 4 is 34.8 Å². The van der Waals surface area contributed by atoms with Gasteiger partial charge in [-0.3, -0.25) is 4.79 Å². The van der Waals surface area contributed by atoms with Gasteiger partial charge in [0, 0.05) is 18.2 Å². The third-order valence-corrected chi connectivity index (χ3v) is 7.09. The fraction of sp³-hybridized carbons (Fsp3) is 0.450. The van der Waals surface area contributed by atoms with E-state index in [9.17, 15) is 4.79 Å². The topological polar surface area (TPSA) is 73.3 Å². The summed E-state index contributed by atoms with van der Waals surface area (Å²) in [5.74, 6) is 1.66. The molecule has 1 amide bonds. The number of nitrogens with one attached hydrogen (secondary N) is 1. The summed E-state index contributed by atoms with van der Waals surface area (Å²) in [6.07, 6.45) is 3.18. The molecule has 1 aliphatic carbocycles. The van der Waals surface area contributed by atoms with Gasteiger partial charge in [0.15, 0.2) is 0 Å². The van der Waals surface area contributed by atoms with Gasteiger partial charge in [0.25, 0.3) is 0 Å². The van der Waals surface area contributed by atoms with Crippen LogP contribution in [0.1, 0.15) is 18.4 Å². The second-order valence-electron chi connectivity index (χ2n) is 7.75. The van der Waals surface area contributed by atoms with Crippen LogP contribution in [0.3, 0.4) is 0 Å². The minimum Gasteiger partial charge on any atom is -0.481 e. The number of anilines is 1. The number of pyridine rings is 2. The Morgan fingerprint density at radius 1 is 1.21 bits per heavy atom. The summed E-state index contributed by atoms with van der Waals surface area (Å²) in [6, 6.07) is 5.45. The first-order valence-electron chi connectivity index (χ1n) is 9.27. The maximum absolute atomic E-state index is 13.3.